The smallest absolute Gasteiger partial charge is 0.256 e. The van der Waals surface area contributed by atoms with E-state index in [0.717, 1.165) is 79.4 Å². The van der Waals surface area contributed by atoms with Crippen molar-refractivity contribution in [2.45, 2.75) is 0 Å². The Morgan fingerprint density at radius 3 is 1.44 bits per heavy atom. The number of rotatable bonds is 2. The molecule has 0 N–H and O–H groups in total. The van der Waals surface area contributed by atoms with Crippen LogP contribution < -0.4 is 61.9 Å². The van der Waals surface area contributed by atoms with E-state index in [9.17, 15) is 0 Å². The van der Waals surface area contributed by atoms with Gasteiger partial charge in [0.25, 0.3) is 13.4 Å². The first-order valence-electron chi connectivity index (χ1n) is 21.3. The standard InChI is InChI=1S/C54H32B2N4O2/c1-3-15-33(16-4-1)57-39-22-10-7-19-35(39)55-36-20-8-12-24-41(36)60-45-31-38-50(32-46(45)58(34-17-5-2-6-18-34)44-28-27-43(57)51(55)53(44)60)62-48-29-30-49-54-52(48)56(38)37-21-9-11-23-40(37)59(54)42-25-13-14-26-47(42)61-49/h1-32H. The molecule has 6 heterocycles. The van der Waals surface area contributed by atoms with Crippen LogP contribution in [0.2, 0.25) is 0 Å². The van der Waals surface area contributed by atoms with Gasteiger partial charge in [-0.3, -0.25) is 0 Å². The highest BCUT2D eigenvalue weighted by molar-refractivity contribution is 7.01. The SMILES string of the molecule is c1ccc(N2c3ccccc3B3c4ccccc4N4c5cc6c(cc5N(c5ccccc5)c5ccc2c3c54)Oc2ccc3c4c2B6c2ccccc2N4c2ccccc2O3)cc1. The lowest BCUT2D eigenvalue weighted by Crippen LogP contribution is -2.62. The molecule has 0 saturated heterocycles. The molecule has 0 unspecified atom stereocenters. The molecule has 0 fully saturated rings. The zero-order chi connectivity index (χ0) is 40.2. The first-order valence-corrected chi connectivity index (χ1v) is 21.3. The number of nitrogens with zero attached hydrogens (tertiary/aromatic N) is 4. The molecule has 9 aromatic carbocycles. The summed E-state index contributed by atoms with van der Waals surface area (Å²) in [7, 11) is 0. The van der Waals surface area contributed by atoms with Gasteiger partial charge in [-0.1, -0.05) is 103 Å². The molecule has 0 saturated carbocycles. The molecule has 15 rings (SSSR count). The number of fused-ring (bicyclic) bond motifs is 14. The Bertz CT molecular complexity index is 3430. The molecule has 6 aliphatic heterocycles. The largest absolute Gasteiger partial charge is 0.458 e. The van der Waals surface area contributed by atoms with Crippen LogP contribution in [0.5, 0.6) is 23.0 Å². The van der Waals surface area contributed by atoms with E-state index in [2.05, 4.69) is 208 Å². The number of anilines is 12. The Balaban J connectivity index is 1.03. The van der Waals surface area contributed by atoms with Gasteiger partial charge in [-0.15, -0.1) is 0 Å². The third kappa shape index (κ3) is 4.07. The molecule has 62 heavy (non-hydrogen) atoms. The normalized spacial score (nSPS) is 14.5. The Hall–Kier alpha value is -8.09. The van der Waals surface area contributed by atoms with E-state index in [4.69, 9.17) is 9.47 Å². The fourth-order valence-electron chi connectivity index (χ4n) is 11.4. The molecule has 0 amide bonds. The average molecular weight is 791 g/mol. The minimum atomic E-state index is -0.0974. The van der Waals surface area contributed by atoms with E-state index in [1.807, 2.05) is 6.07 Å². The predicted octanol–water partition coefficient (Wildman–Crippen LogP) is 10.1. The van der Waals surface area contributed by atoms with Crippen molar-refractivity contribution in [2.75, 3.05) is 19.6 Å². The molecule has 0 aliphatic carbocycles. The quantitative estimate of drug-likeness (QED) is 0.162. The van der Waals surface area contributed by atoms with Crippen LogP contribution in [0.25, 0.3) is 0 Å². The lowest BCUT2D eigenvalue weighted by atomic mass is 9.33. The molecular weight excluding hydrogens is 758 g/mol. The van der Waals surface area contributed by atoms with Crippen molar-refractivity contribution in [2.24, 2.45) is 0 Å². The molecule has 0 aromatic heterocycles. The van der Waals surface area contributed by atoms with E-state index in [1.54, 1.807) is 0 Å². The van der Waals surface area contributed by atoms with Gasteiger partial charge in [-0.05, 0) is 112 Å². The molecule has 0 bridgehead atoms. The molecule has 0 radical (unpaired) electrons. The van der Waals surface area contributed by atoms with Gasteiger partial charge >= 0.3 is 0 Å². The summed E-state index contributed by atoms with van der Waals surface area (Å²) in [6, 6.07) is 70.4. The van der Waals surface area contributed by atoms with E-state index in [1.165, 1.54) is 44.6 Å². The summed E-state index contributed by atoms with van der Waals surface area (Å²) >= 11 is 0. The highest BCUT2D eigenvalue weighted by Gasteiger charge is 2.50. The topological polar surface area (TPSA) is 31.4 Å². The number of ether oxygens (including phenoxy) is 2. The van der Waals surface area contributed by atoms with Crippen molar-refractivity contribution < 1.29 is 9.47 Å². The van der Waals surface area contributed by atoms with Crippen molar-refractivity contribution >= 4 is 114 Å². The molecule has 9 aromatic rings. The molecule has 0 spiro atoms. The first kappa shape index (κ1) is 32.7. The van der Waals surface area contributed by atoms with E-state index in [-0.39, 0.29) is 13.4 Å². The second-order valence-electron chi connectivity index (χ2n) is 16.8. The van der Waals surface area contributed by atoms with E-state index in [0.29, 0.717) is 0 Å². The van der Waals surface area contributed by atoms with E-state index < -0.39 is 0 Å². The molecule has 6 nitrogen and oxygen atoms in total. The summed E-state index contributed by atoms with van der Waals surface area (Å²) in [5, 5.41) is 0. The molecular formula is C54H32B2N4O2. The maximum absolute atomic E-state index is 7.14. The average Bonchev–Trinajstić information content (AvgIpc) is 3.33. The fraction of sp³-hybridized carbons (Fsp3) is 0. The summed E-state index contributed by atoms with van der Waals surface area (Å²) in [6.07, 6.45) is 0. The van der Waals surface area contributed by atoms with Gasteiger partial charge in [0.2, 0.25) is 0 Å². The van der Waals surface area contributed by atoms with Crippen molar-refractivity contribution in [1.29, 1.82) is 0 Å². The third-order valence-corrected chi connectivity index (χ3v) is 13.8. The van der Waals surface area contributed by atoms with Gasteiger partial charge in [-0.25, -0.2) is 0 Å². The molecule has 6 aliphatic rings. The second kappa shape index (κ2) is 11.8. The summed E-state index contributed by atoms with van der Waals surface area (Å²) in [4.78, 5) is 9.85. The summed E-state index contributed by atoms with van der Waals surface area (Å²) < 4.78 is 13.8. The molecule has 286 valence electrons. The number of para-hydroxylation sites is 7. The zero-order valence-electron chi connectivity index (χ0n) is 33.2. The van der Waals surface area contributed by atoms with Gasteiger partial charge in [0, 0.05) is 45.7 Å². The first-order chi connectivity index (χ1) is 30.8. The van der Waals surface area contributed by atoms with Crippen LogP contribution in [0, 0.1) is 0 Å². The van der Waals surface area contributed by atoms with E-state index >= 15 is 0 Å². The minimum Gasteiger partial charge on any atom is -0.458 e. The van der Waals surface area contributed by atoms with Crippen LogP contribution in [-0.4, -0.2) is 13.4 Å². The van der Waals surface area contributed by atoms with Crippen LogP contribution in [0.3, 0.4) is 0 Å². The lowest BCUT2D eigenvalue weighted by Gasteiger charge is -2.49. The van der Waals surface area contributed by atoms with Crippen LogP contribution in [0.1, 0.15) is 0 Å². The van der Waals surface area contributed by atoms with Crippen molar-refractivity contribution in [1.82, 2.24) is 0 Å². The van der Waals surface area contributed by atoms with Crippen LogP contribution in [0.4, 0.5) is 68.2 Å². The predicted molar refractivity (Wildman–Crippen MR) is 255 cm³/mol. The molecule has 0 atom stereocenters. The zero-order valence-corrected chi connectivity index (χ0v) is 33.2. The number of hydrogen-bond donors (Lipinski definition) is 0. The van der Waals surface area contributed by atoms with Crippen LogP contribution >= 0.6 is 0 Å². The fourth-order valence-corrected chi connectivity index (χ4v) is 11.4. The number of benzene rings is 9. The van der Waals surface area contributed by atoms with Gasteiger partial charge < -0.3 is 29.1 Å². The van der Waals surface area contributed by atoms with Crippen molar-refractivity contribution in [3.8, 4) is 23.0 Å². The van der Waals surface area contributed by atoms with Crippen molar-refractivity contribution in [3.63, 3.8) is 0 Å². The Morgan fingerprint density at radius 1 is 0.274 bits per heavy atom. The Morgan fingerprint density at radius 2 is 0.758 bits per heavy atom. The summed E-state index contributed by atoms with van der Waals surface area (Å²) in [5.74, 6) is 3.39. The highest BCUT2D eigenvalue weighted by atomic mass is 16.5. The van der Waals surface area contributed by atoms with Gasteiger partial charge in [0.15, 0.2) is 11.5 Å². The van der Waals surface area contributed by atoms with Gasteiger partial charge in [-0.2, -0.15) is 0 Å². The monoisotopic (exact) mass is 790 g/mol. The Labute approximate surface area is 359 Å². The van der Waals surface area contributed by atoms with Gasteiger partial charge in [0.05, 0.1) is 34.1 Å². The Kier molecular flexibility index (Phi) is 6.23. The minimum absolute atomic E-state index is 0.0289. The number of hydrogen-bond acceptors (Lipinski definition) is 6. The lowest BCUT2D eigenvalue weighted by molar-refractivity contribution is 0.468. The maximum atomic E-state index is 7.14. The summed E-state index contributed by atoms with van der Waals surface area (Å²) in [6.45, 7) is -0.0685. The summed E-state index contributed by atoms with van der Waals surface area (Å²) in [5.41, 5.74) is 21.0. The third-order valence-electron chi connectivity index (χ3n) is 13.8. The highest BCUT2D eigenvalue weighted by Crippen LogP contribution is 2.58. The van der Waals surface area contributed by atoms with Crippen LogP contribution in [-0.2, 0) is 0 Å². The second-order valence-corrected chi connectivity index (χ2v) is 16.8. The van der Waals surface area contributed by atoms with Crippen LogP contribution in [0.15, 0.2) is 194 Å². The van der Waals surface area contributed by atoms with Gasteiger partial charge in [0.1, 0.15) is 11.5 Å². The van der Waals surface area contributed by atoms with Crippen molar-refractivity contribution in [3.05, 3.63) is 194 Å². The molecule has 8 heteroatoms. The maximum Gasteiger partial charge on any atom is 0.256 e.